The number of benzene rings is 2. The number of piperidine rings is 1. The number of fused-ring (bicyclic) bond motifs is 2. The van der Waals surface area contributed by atoms with Crippen LogP contribution in [0.4, 0.5) is 26.4 Å². The van der Waals surface area contributed by atoms with Crippen molar-refractivity contribution in [3.05, 3.63) is 78.0 Å². The quantitative estimate of drug-likeness (QED) is 0.531. The van der Waals surface area contributed by atoms with Crippen LogP contribution in [0.25, 0.3) is 5.70 Å². The summed E-state index contributed by atoms with van der Waals surface area (Å²) in [6, 6.07) is 12.8. The summed E-state index contributed by atoms with van der Waals surface area (Å²) in [7, 11) is 1.65. The van der Waals surface area contributed by atoms with Crippen molar-refractivity contribution in [2.75, 3.05) is 48.4 Å². The topological polar surface area (TPSA) is 73.8 Å². The van der Waals surface area contributed by atoms with Crippen molar-refractivity contribution >= 4 is 28.9 Å². The number of methoxy groups -OCH3 is 1. The molecule has 0 unspecified atom stereocenters. The van der Waals surface area contributed by atoms with Gasteiger partial charge in [-0.25, -0.2) is 19.2 Å². The van der Waals surface area contributed by atoms with Crippen molar-refractivity contribution < 1.29 is 13.9 Å². The largest absolute Gasteiger partial charge is 0.497 e. The third-order valence-corrected chi connectivity index (χ3v) is 7.88. The van der Waals surface area contributed by atoms with E-state index in [4.69, 9.17) is 4.74 Å². The molecule has 3 aromatic rings. The number of amides is 2. The average molecular weight is 515 g/mol. The van der Waals surface area contributed by atoms with Crippen LogP contribution in [-0.2, 0) is 12.8 Å². The van der Waals surface area contributed by atoms with Crippen LogP contribution in [0.2, 0.25) is 0 Å². The smallest absolute Gasteiger partial charge is 0.322 e. The molecule has 0 aliphatic carbocycles. The molecule has 1 fully saturated rings. The van der Waals surface area contributed by atoms with Crippen molar-refractivity contribution in [2.24, 2.45) is 0 Å². The Kier molecular flexibility index (Phi) is 6.35. The van der Waals surface area contributed by atoms with E-state index in [0.29, 0.717) is 6.54 Å². The zero-order valence-electron chi connectivity index (χ0n) is 21.5. The maximum Gasteiger partial charge on any atom is 0.322 e. The molecule has 3 aliphatic rings. The molecule has 8 nitrogen and oxygen atoms in total. The van der Waals surface area contributed by atoms with Gasteiger partial charge in [0.2, 0.25) is 0 Å². The number of nitrogens with one attached hydrogen (secondary N) is 1. The third kappa shape index (κ3) is 4.53. The van der Waals surface area contributed by atoms with Gasteiger partial charge in [-0.05, 0) is 67.1 Å². The molecule has 1 aromatic heterocycles. The minimum Gasteiger partial charge on any atom is -0.497 e. The molecule has 38 heavy (non-hydrogen) atoms. The molecule has 0 atom stereocenters. The van der Waals surface area contributed by atoms with Crippen LogP contribution in [0.3, 0.4) is 0 Å². The number of carbonyl (C=O) groups is 1. The van der Waals surface area contributed by atoms with Gasteiger partial charge in [-0.15, -0.1) is 0 Å². The molecule has 3 aliphatic heterocycles. The van der Waals surface area contributed by atoms with E-state index in [2.05, 4.69) is 26.8 Å². The third-order valence-electron chi connectivity index (χ3n) is 7.88. The summed E-state index contributed by atoms with van der Waals surface area (Å²) in [4.78, 5) is 28.3. The SMILES string of the molecule is C=C(c1cc(N2CCC(N3CCc4cc(OC)ccc4NC3=O)CC2)ncn1)N1CCc2ccc(F)cc21. The van der Waals surface area contributed by atoms with Crippen LogP contribution in [0, 0.1) is 5.82 Å². The summed E-state index contributed by atoms with van der Waals surface area (Å²) in [6.07, 6.45) is 4.91. The number of hydrogen-bond acceptors (Lipinski definition) is 6. The summed E-state index contributed by atoms with van der Waals surface area (Å²) < 4.78 is 19.3. The second-order valence-corrected chi connectivity index (χ2v) is 10.00. The normalized spacial score (nSPS) is 17.5. The van der Waals surface area contributed by atoms with E-state index in [1.165, 1.54) is 6.07 Å². The van der Waals surface area contributed by atoms with Crippen LogP contribution < -0.4 is 19.9 Å². The molecule has 6 rings (SSSR count). The fraction of sp³-hybridized carbons (Fsp3) is 0.345. The second kappa shape index (κ2) is 9.96. The number of urea groups is 1. The first-order chi connectivity index (χ1) is 18.5. The number of hydrogen-bond donors (Lipinski definition) is 1. The number of rotatable bonds is 5. The summed E-state index contributed by atoms with van der Waals surface area (Å²) in [5, 5.41) is 3.08. The number of halogens is 1. The number of ether oxygens (including phenoxy) is 1. The van der Waals surface area contributed by atoms with E-state index < -0.39 is 0 Å². The first-order valence-corrected chi connectivity index (χ1v) is 13.1. The number of aromatic nitrogens is 2. The molecule has 2 amide bonds. The van der Waals surface area contributed by atoms with Crippen LogP contribution in [0.15, 0.2) is 55.4 Å². The molecule has 0 saturated carbocycles. The maximum atomic E-state index is 13.9. The molecule has 0 spiro atoms. The van der Waals surface area contributed by atoms with Crippen molar-refractivity contribution in [2.45, 2.75) is 31.7 Å². The first kappa shape index (κ1) is 24.2. The van der Waals surface area contributed by atoms with Gasteiger partial charge < -0.3 is 24.8 Å². The molecule has 9 heteroatoms. The van der Waals surface area contributed by atoms with Gasteiger partial charge in [0.25, 0.3) is 0 Å². The highest BCUT2D eigenvalue weighted by Gasteiger charge is 2.31. The lowest BCUT2D eigenvalue weighted by molar-refractivity contribution is 0.177. The van der Waals surface area contributed by atoms with Gasteiger partial charge in [0.05, 0.1) is 18.5 Å². The van der Waals surface area contributed by atoms with Gasteiger partial charge in [-0.2, -0.15) is 0 Å². The Morgan fingerprint density at radius 3 is 2.66 bits per heavy atom. The van der Waals surface area contributed by atoms with Crippen molar-refractivity contribution in [1.82, 2.24) is 14.9 Å². The minimum atomic E-state index is -0.253. The molecule has 1 saturated heterocycles. The fourth-order valence-electron chi connectivity index (χ4n) is 5.76. The predicted octanol–water partition coefficient (Wildman–Crippen LogP) is 4.72. The Bertz CT molecular complexity index is 1390. The van der Waals surface area contributed by atoms with Crippen LogP contribution in [0.1, 0.15) is 29.7 Å². The molecule has 196 valence electrons. The molecular weight excluding hydrogens is 483 g/mol. The predicted molar refractivity (Wildman–Crippen MR) is 146 cm³/mol. The van der Waals surface area contributed by atoms with Gasteiger partial charge in [-0.3, -0.25) is 0 Å². The highest BCUT2D eigenvalue weighted by atomic mass is 19.1. The average Bonchev–Trinajstić information content (AvgIpc) is 3.28. The first-order valence-electron chi connectivity index (χ1n) is 13.1. The lowest BCUT2D eigenvalue weighted by Crippen LogP contribution is -2.49. The highest BCUT2D eigenvalue weighted by molar-refractivity contribution is 5.91. The van der Waals surface area contributed by atoms with E-state index in [1.54, 1.807) is 19.5 Å². The zero-order chi connectivity index (χ0) is 26.2. The maximum absolute atomic E-state index is 13.9. The van der Waals surface area contributed by atoms with Gasteiger partial charge in [0.1, 0.15) is 23.7 Å². The van der Waals surface area contributed by atoms with Crippen molar-refractivity contribution in [1.29, 1.82) is 0 Å². The standard InChI is InChI=1S/C29H31FN6O2/c1-19(35-13-7-20-3-4-22(30)16-27(20)35)26-17-28(32-18-31-26)34-11-9-23(10-12-34)36-14-8-21-15-24(38-2)5-6-25(21)33-29(36)37/h3-6,15-18,23H,1,7-14H2,2H3,(H,33,37). The molecule has 2 aromatic carbocycles. The molecule has 1 N–H and O–H groups in total. The Balaban J connectivity index is 1.11. The van der Waals surface area contributed by atoms with Crippen molar-refractivity contribution in [3.8, 4) is 5.75 Å². The number of anilines is 3. The zero-order valence-corrected chi connectivity index (χ0v) is 21.5. The molecule has 0 bridgehead atoms. The number of carbonyl (C=O) groups excluding carboxylic acids is 1. The van der Waals surface area contributed by atoms with E-state index >= 15 is 0 Å². The van der Waals surface area contributed by atoms with Crippen molar-refractivity contribution in [3.63, 3.8) is 0 Å². The van der Waals surface area contributed by atoms with Gasteiger partial charge >= 0.3 is 6.03 Å². The molecule has 4 heterocycles. The summed E-state index contributed by atoms with van der Waals surface area (Å²) in [5.41, 5.74) is 5.39. The Morgan fingerprint density at radius 1 is 1.03 bits per heavy atom. The minimum absolute atomic E-state index is 0.0460. The monoisotopic (exact) mass is 514 g/mol. The van der Waals surface area contributed by atoms with E-state index in [1.807, 2.05) is 40.1 Å². The van der Waals surface area contributed by atoms with Crippen LogP contribution in [-0.4, -0.2) is 60.2 Å². The van der Waals surface area contributed by atoms with E-state index in [0.717, 1.165) is 90.8 Å². The fourth-order valence-corrected chi connectivity index (χ4v) is 5.76. The molecular formula is C29H31FN6O2. The Labute approximate surface area is 221 Å². The van der Waals surface area contributed by atoms with E-state index in [9.17, 15) is 9.18 Å². The van der Waals surface area contributed by atoms with Gasteiger partial charge in [0, 0.05) is 49.7 Å². The van der Waals surface area contributed by atoms with Crippen LogP contribution in [0.5, 0.6) is 5.75 Å². The Morgan fingerprint density at radius 2 is 1.84 bits per heavy atom. The van der Waals surface area contributed by atoms with E-state index in [-0.39, 0.29) is 17.9 Å². The molecule has 0 radical (unpaired) electrons. The number of nitrogens with zero attached hydrogens (tertiary/aromatic N) is 5. The lowest BCUT2D eigenvalue weighted by atomic mass is 10.0. The van der Waals surface area contributed by atoms with Gasteiger partial charge in [-0.1, -0.05) is 12.6 Å². The summed E-state index contributed by atoms with van der Waals surface area (Å²) in [5.74, 6) is 1.39. The summed E-state index contributed by atoms with van der Waals surface area (Å²) in [6.45, 7) is 7.27. The lowest BCUT2D eigenvalue weighted by Gasteiger charge is -2.38. The van der Waals surface area contributed by atoms with Crippen LogP contribution >= 0.6 is 0 Å². The second-order valence-electron chi connectivity index (χ2n) is 10.00. The Hall–Kier alpha value is -4.14. The van der Waals surface area contributed by atoms with Gasteiger partial charge in [0.15, 0.2) is 0 Å². The highest BCUT2D eigenvalue weighted by Crippen LogP contribution is 2.35. The summed E-state index contributed by atoms with van der Waals surface area (Å²) >= 11 is 0.